The molecule has 2 aliphatic rings. The molecule has 2 aliphatic carbocycles. The second kappa shape index (κ2) is 14.8. The Bertz CT molecular complexity index is 2850. The zero-order chi connectivity index (χ0) is 39.1. The molecule has 1 nitrogen and oxygen atoms in total. The van der Waals surface area contributed by atoms with Crippen LogP contribution >= 0.6 is 0 Å². The third kappa shape index (κ3) is 6.20. The average Bonchev–Trinajstić information content (AvgIpc) is 3.83. The molecule has 9 aromatic rings. The van der Waals surface area contributed by atoms with E-state index in [4.69, 9.17) is 0 Å². The lowest BCUT2D eigenvalue weighted by molar-refractivity contribution is 0.851. The fourth-order valence-corrected chi connectivity index (χ4v) is 9.56. The number of hydrogen-bond acceptors (Lipinski definition) is 1. The highest BCUT2D eigenvalue weighted by molar-refractivity contribution is 5.97. The van der Waals surface area contributed by atoms with E-state index in [-0.39, 0.29) is 11.8 Å². The van der Waals surface area contributed by atoms with Gasteiger partial charge in [-0.1, -0.05) is 194 Å². The number of allylic oxidation sites excluding steroid dienone is 1. The minimum atomic E-state index is 0.0964. The first kappa shape index (κ1) is 34.7. The molecule has 2 unspecified atom stereocenters. The van der Waals surface area contributed by atoms with Crippen molar-refractivity contribution >= 4 is 22.6 Å². The van der Waals surface area contributed by atoms with Crippen LogP contribution in [0.3, 0.4) is 0 Å². The number of rotatable bonds is 8. The normalized spacial score (nSPS) is 15.1. The number of fused-ring (bicyclic) bond motifs is 4. The van der Waals surface area contributed by atoms with Crippen LogP contribution in [0.15, 0.2) is 242 Å². The van der Waals surface area contributed by atoms with Gasteiger partial charge >= 0.3 is 0 Å². The van der Waals surface area contributed by atoms with Gasteiger partial charge in [0, 0.05) is 28.9 Å². The predicted molar refractivity (Wildman–Crippen MR) is 246 cm³/mol. The Morgan fingerprint density at radius 3 is 1.19 bits per heavy atom. The van der Waals surface area contributed by atoms with Gasteiger partial charge in [-0.3, -0.25) is 0 Å². The van der Waals surface area contributed by atoms with Gasteiger partial charge in [-0.15, -0.1) is 0 Å². The molecule has 0 heterocycles. The Morgan fingerprint density at radius 2 is 0.644 bits per heavy atom. The summed E-state index contributed by atoms with van der Waals surface area (Å²) >= 11 is 0. The lowest BCUT2D eigenvalue weighted by atomic mass is 9.78. The molecule has 59 heavy (non-hydrogen) atoms. The topological polar surface area (TPSA) is 3.24 Å². The van der Waals surface area contributed by atoms with Crippen LogP contribution in [0.2, 0.25) is 0 Å². The molecule has 0 saturated carbocycles. The summed E-state index contributed by atoms with van der Waals surface area (Å²) in [6.45, 7) is 0. The number of anilines is 3. The van der Waals surface area contributed by atoms with Crippen molar-refractivity contribution in [3.63, 3.8) is 0 Å². The standard InChI is InChI=1S/C58H41N/c1-5-15-40(16-6-1)43-25-32-48(33-26-43)59(49-34-27-44(28-35-49)41-17-7-2-8-18-41)50-36-29-46(30-37-50)56-54-39-47(42-19-9-3-10-20-42)31-38-53(54)57-52-24-14-13-23-51(52)55(58(56)57)45-21-11-4-12-22-45/h1-39,55-56H. The van der Waals surface area contributed by atoms with Crippen LogP contribution < -0.4 is 4.90 Å². The summed E-state index contributed by atoms with van der Waals surface area (Å²) in [5.74, 6) is 0.265. The first-order chi connectivity index (χ1) is 29.3. The van der Waals surface area contributed by atoms with Crippen LogP contribution in [0.5, 0.6) is 0 Å². The van der Waals surface area contributed by atoms with Crippen molar-refractivity contribution < 1.29 is 0 Å². The zero-order valence-electron chi connectivity index (χ0n) is 32.6. The highest BCUT2D eigenvalue weighted by Gasteiger charge is 2.43. The van der Waals surface area contributed by atoms with Crippen LogP contribution in [0.1, 0.15) is 45.2 Å². The maximum Gasteiger partial charge on any atom is 0.0462 e. The molecule has 0 saturated heterocycles. The lowest BCUT2D eigenvalue weighted by Crippen LogP contribution is -2.12. The largest absolute Gasteiger partial charge is 0.311 e. The molecule has 0 aromatic heterocycles. The Balaban J connectivity index is 1.04. The van der Waals surface area contributed by atoms with Gasteiger partial charge < -0.3 is 4.90 Å². The molecule has 0 amide bonds. The first-order valence-electron chi connectivity index (χ1n) is 20.6. The smallest absolute Gasteiger partial charge is 0.0462 e. The molecule has 1 heteroatoms. The van der Waals surface area contributed by atoms with E-state index >= 15 is 0 Å². The fourth-order valence-electron chi connectivity index (χ4n) is 9.56. The number of nitrogens with zero attached hydrogens (tertiary/aromatic N) is 1. The van der Waals surface area contributed by atoms with Crippen LogP contribution in [0, 0.1) is 0 Å². The molecule has 0 spiro atoms. The zero-order valence-corrected chi connectivity index (χ0v) is 32.6. The van der Waals surface area contributed by atoms with Gasteiger partial charge in [0.25, 0.3) is 0 Å². The molecule has 0 N–H and O–H groups in total. The van der Waals surface area contributed by atoms with Crippen molar-refractivity contribution in [2.24, 2.45) is 0 Å². The third-order valence-electron chi connectivity index (χ3n) is 12.3. The predicted octanol–water partition coefficient (Wildman–Crippen LogP) is 15.3. The summed E-state index contributed by atoms with van der Waals surface area (Å²) in [7, 11) is 0. The summed E-state index contributed by atoms with van der Waals surface area (Å²) in [4.78, 5) is 2.38. The van der Waals surface area contributed by atoms with Gasteiger partial charge in [-0.2, -0.15) is 0 Å². The maximum absolute atomic E-state index is 2.46. The Hall–Kier alpha value is -7.48. The van der Waals surface area contributed by atoms with Crippen LogP contribution in [0.25, 0.3) is 39.0 Å². The first-order valence-corrected chi connectivity index (χ1v) is 20.6. The van der Waals surface area contributed by atoms with E-state index in [1.807, 2.05) is 0 Å². The van der Waals surface area contributed by atoms with E-state index in [9.17, 15) is 0 Å². The van der Waals surface area contributed by atoms with Gasteiger partial charge in [-0.25, -0.2) is 0 Å². The molecule has 0 bridgehead atoms. The van der Waals surface area contributed by atoms with Crippen molar-refractivity contribution in [3.8, 4) is 33.4 Å². The highest BCUT2D eigenvalue weighted by atomic mass is 15.1. The fraction of sp³-hybridized carbons (Fsp3) is 0.0345. The van der Waals surface area contributed by atoms with Crippen molar-refractivity contribution in [1.82, 2.24) is 0 Å². The molecule has 9 aromatic carbocycles. The van der Waals surface area contributed by atoms with E-state index in [0.717, 1.165) is 17.1 Å². The van der Waals surface area contributed by atoms with E-state index < -0.39 is 0 Å². The average molecular weight is 752 g/mol. The summed E-state index contributed by atoms with van der Waals surface area (Å²) in [5, 5.41) is 0. The Morgan fingerprint density at radius 1 is 0.271 bits per heavy atom. The molecule has 278 valence electrons. The van der Waals surface area contributed by atoms with Crippen molar-refractivity contribution in [2.75, 3.05) is 4.90 Å². The quantitative estimate of drug-likeness (QED) is 0.149. The van der Waals surface area contributed by atoms with E-state index in [1.54, 1.807) is 0 Å². The molecule has 0 radical (unpaired) electrons. The third-order valence-corrected chi connectivity index (χ3v) is 12.3. The Kier molecular flexibility index (Phi) is 8.71. The minimum Gasteiger partial charge on any atom is -0.311 e. The second-order valence-electron chi connectivity index (χ2n) is 15.6. The van der Waals surface area contributed by atoms with Crippen LogP contribution in [-0.4, -0.2) is 0 Å². The summed E-state index contributed by atoms with van der Waals surface area (Å²) in [6, 6.07) is 86.7. The molecule has 2 atom stereocenters. The lowest BCUT2D eigenvalue weighted by Gasteiger charge is -2.28. The molecule has 11 rings (SSSR count). The maximum atomic E-state index is 2.46. The van der Waals surface area contributed by atoms with E-state index in [0.29, 0.717) is 0 Å². The van der Waals surface area contributed by atoms with E-state index in [2.05, 4.69) is 241 Å². The molecule has 0 aliphatic heterocycles. The van der Waals surface area contributed by atoms with E-state index in [1.165, 1.54) is 77.9 Å². The summed E-state index contributed by atoms with van der Waals surface area (Å²) in [5.41, 5.74) is 21.7. The second-order valence-corrected chi connectivity index (χ2v) is 15.6. The highest BCUT2D eigenvalue weighted by Crippen LogP contribution is 2.60. The van der Waals surface area contributed by atoms with Gasteiger partial charge in [0.05, 0.1) is 0 Å². The summed E-state index contributed by atoms with van der Waals surface area (Å²) in [6.07, 6.45) is 0. The number of hydrogen-bond donors (Lipinski definition) is 0. The van der Waals surface area contributed by atoms with Crippen molar-refractivity contribution in [1.29, 1.82) is 0 Å². The Labute approximate surface area is 346 Å². The van der Waals surface area contributed by atoms with Crippen LogP contribution in [0.4, 0.5) is 17.1 Å². The van der Waals surface area contributed by atoms with Gasteiger partial charge in [0.2, 0.25) is 0 Å². The number of benzene rings is 9. The van der Waals surface area contributed by atoms with Gasteiger partial charge in [-0.05, 0) is 120 Å². The molecule has 0 fully saturated rings. The van der Waals surface area contributed by atoms with Crippen LogP contribution in [-0.2, 0) is 0 Å². The van der Waals surface area contributed by atoms with Crippen molar-refractivity contribution in [3.05, 3.63) is 276 Å². The minimum absolute atomic E-state index is 0.0964. The molecular weight excluding hydrogens is 711 g/mol. The SMILES string of the molecule is c1ccc(-c2ccc(N(c3ccc(-c4ccccc4)cc3)c3ccc(C4C5=C(c6ccccc6C5c5ccccc5)c5ccc(-c6ccccc6)cc54)cc3)cc2)cc1. The summed E-state index contributed by atoms with van der Waals surface area (Å²) < 4.78 is 0. The van der Waals surface area contributed by atoms with Gasteiger partial charge in [0.15, 0.2) is 0 Å². The van der Waals surface area contributed by atoms with Crippen molar-refractivity contribution in [2.45, 2.75) is 11.8 Å². The van der Waals surface area contributed by atoms with Gasteiger partial charge in [0.1, 0.15) is 0 Å². The monoisotopic (exact) mass is 751 g/mol. The molecular formula is C58H41N.